The fraction of sp³-hybridized carbons (Fsp3) is 0.375. The summed E-state index contributed by atoms with van der Waals surface area (Å²) in [5, 5.41) is 21.6. The maximum absolute atomic E-state index is 13.7. The van der Waals surface area contributed by atoms with Crippen LogP contribution in [-0.4, -0.2) is 70.1 Å². The average molecular weight is 501 g/mol. The van der Waals surface area contributed by atoms with Gasteiger partial charge in [0, 0.05) is 51.3 Å². The van der Waals surface area contributed by atoms with Crippen molar-refractivity contribution in [2.45, 2.75) is 12.6 Å². The van der Waals surface area contributed by atoms with E-state index in [1.165, 1.54) is 30.0 Å². The lowest BCUT2D eigenvalue weighted by Crippen LogP contribution is -2.34. The van der Waals surface area contributed by atoms with Crippen molar-refractivity contribution in [3.05, 3.63) is 70.4 Å². The van der Waals surface area contributed by atoms with Crippen LogP contribution in [0.3, 0.4) is 0 Å². The van der Waals surface area contributed by atoms with Gasteiger partial charge in [0.1, 0.15) is 10.9 Å². The molecular weight excluding hydrogens is 471 g/mol. The van der Waals surface area contributed by atoms with Gasteiger partial charge in [0.25, 0.3) is 5.56 Å². The lowest BCUT2D eigenvalue weighted by atomic mass is 10.1. The van der Waals surface area contributed by atoms with Crippen LogP contribution in [0, 0.1) is 11.7 Å². The van der Waals surface area contributed by atoms with E-state index in [0.29, 0.717) is 55.5 Å². The van der Waals surface area contributed by atoms with Gasteiger partial charge >= 0.3 is 0 Å². The Labute approximate surface area is 206 Å². The molecule has 4 rings (SSSR count). The molecule has 2 aliphatic rings. The Kier molecular flexibility index (Phi) is 8.01. The molecule has 35 heavy (non-hydrogen) atoms. The van der Waals surface area contributed by atoms with Crippen molar-refractivity contribution in [2.24, 2.45) is 16.9 Å². The maximum atomic E-state index is 13.7. The number of hydrazone groups is 1. The SMILES string of the molecule is C=C(/C=C1/NC(=O)CS/C1=N/N)CNC[C@H]1CN(CCn2c(=O)ccc3ccc(F)cc32)C[C@H]1O. The number of nitrogens with two attached hydrogens (primary N) is 1. The summed E-state index contributed by atoms with van der Waals surface area (Å²) >= 11 is 1.28. The molecule has 2 aromatic rings. The number of thioether (sulfide) groups is 1. The topological polar surface area (TPSA) is 125 Å². The lowest BCUT2D eigenvalue weighted by molar-refractivity contribution is -0.117. The number of hydrogen-bond donors (Lipinski definition) is 4. The summed E-state index contributed by atoms with van der Waals surface area (Å²) in [7, 11) is 0. The number of nitrogens with zero attached hydrogens (tertiary/aromatic N) is 3. The number of aliphatic hydroxyl groups excluding tert-OH is 1. The molecule has 0 saturated carbocycles. The van der Waals surface area contributed by atoms with Crippen molar-refractivity contribution in [2.75, 3.05) is 38.5 Å². The molecule has 1 aromatic heterocycles. The van der Waals surface area contributed by atoms with E-state index in [9.17, 15) is 19.1 Å². The van der Waals surface area contributed by atoms with E-state index < -0.39 is 6.10 Å². The van der Waals surface area contributed by atoms with E-state index in [4.69, 9.17) is 5.84 Å². The molecule has 0 aliphatic carbocycles. The Morgan fingerprint density at radius 2 is 2.11 bits per heavy atom. The highest BCUT2D eigenvalue weighted by Gasteiger charge is 2.30. The lowest BCUT2D eigenvalue weighted by Gasteiger charge is -2.18. The van der Waals surface area contributed by atoms with Gasteiger partial charge in [-0.15, -0.1) is 0 Å². The summed E-state index contributed by atoms with van der Waals surface area (Å²) < 4.78 is 15.3. The second kappa shape index (κ2) is 11.2. The van der Waals surface area contributed by atoms with Crippen LogP contribution in [-0.2, 0) is 11.3 Å². The molecule has 0 radical (unpaired) electrons. The van der Waals surface area contributed by atoms with Crippen molar-refractivity contribution >= 4 is 33.6 Å². The Morgan fingerprint density at radius 1 is 1.31 bits per heavy atom. The molecule has 5 N–H and O–H groups in total. The van der Waals surface area contributed by atoms with E-state index in [2.05, 4.69) is 27.2 Å². The predicted octanol–water partition coefficient (Wildman–Crippen LogP) is 0.598. The number of benzene rings is 1. The monoisotopic (exact) mass is 500 g/mol. The highest BCUT2D eigenvalue weighted by Crippen LogP contribution is 2.19. The Hall–Kier alpha value is -2.99. The molecule has 0 unspecified atom stereocenters. The predicted molar refractivity (Wildman–Crippen MR) is 136 cm³/mol. The number of carbonyl (C=O) groups excluding carboxylic acids is 1. The normalized spacial score (nSPS) is 23.3. The van der Waals surface area contributed by atoms with Crippen LogP contribution < -0.4 is 22.0 Å². The number of aliphatic hydroxyl groups is 1. The highest BCUT2D eigenvalue weighted by atomic mass is 32.2. The number of amides is 1. The number of aromatic nitrogens is 1. The first-order valence-electron chi connectivity index (χ1n) is 11.3. The van der Waals surface area contributed by atoms with E-state index in [0.717, 1.165) is 11.0 Å². The number of carbonyl (C=O) groups is 1. The molecule has 186 valence electrons. The number of hydrogen-bond acceptors (Lipinski definition) is 8. The molecule has 2 saturated heterocycles. The average Bonchev–Trinajstić information content (AvgIpc) is 3.17. The van der Waals surface area contributed by atoms with Crippen molar-refractivity contribution in [1.29, 1.82) is 0 Å². The number of nitrogens with one attached hydrogen (secondary N) is 2. The van der Waals surface area contributed by atoms with E-state index in [1.54, 1.807) is 22.8 Å². The van der Waals surface area contributed by atoms with E-state index in [-0.39, 0.29) is 29.0 Å². The Balaban J connectivity index is 1.28. The number of fused-ring (bicyclic) bond motifs is 1. The molecule has 3 heterocycles. The highest BCUT2D eigenvalue weighted by molar-refractivity contribution is 8.15. The molecule has 2 aliphatic heterocycles. The minimum absolute atomic E-state index is 0.0169. The fourth-order valence-electron chi connectivity index (χ4n) is 4.39. The number of β-amino-alcohol motifs (C(OH)–C–C–N with tert-alkyl or cyclic N) is 1. The molecule has 11 heteroatoms. The molecular formula is C24H29FN6O3S. The minimum Gasteiger partial charge on any atom is -0.391 e. The van der Waals surface area contributed by atoms with E-state index in [1.807, 2.05) is 0 Å². The molecule has 0 spiro atoms. The summed E-state index contributed by atoms with van der Waals surface area (Å²) in [5.74, 6) is 5.19. The fourth-order valence-corrected chi connectivity index (χ4v) is 5.07. The van der Waals surface area contributed by atoms with Gasteiger partial charge in [-0.3, -0.25) is 14.5 Å². The first kappa shape index (κ1) is 25.1. The van der Waals surface area contributed by atoms with Crippen LogP contribution in [0.15, 0.2) is 64.2 Å². The van der Waals surface area contributed by atoms with Gasteiger partial charge in [0.15, 0.2) is 0 Å². The minimum atomic E-state index is -0.499. The molecule has 2 atom stereocenters. The van der Waals surface area contributed by atoms with E-state index >= 15 is 0 Å². The van der Waals surface area contributed by atoms with Crippen molar-refractivity contribution in [3.63, 3.8) is 0 Å². The van der Waals surface area contributed by atoms with Crippen molar-refractivity contribution < 1.29 is 14.3 Å². The van der Waals surface area contributed by atoms with Gasteiger partial charge in [-0.1, -0.05) is 18.3 Å². The summed E-state index contributed by atoms with van der Waals surface area (Å²) in [6.45, 7) is 7.23. The van der Waals surface area contributed by atoms with Gasteiger partial charge < -0.3 is 26.1 Å². The second-order valence-electron chi connectivity index (χ2n) is 8.73. The molecule has 1 aromatic carbocycles. The van der Waals surface area contributed by atoms with Crippen molar-refractivity contribution in [1.82, 2.24) is 20.1 Å². The van der Waals surface area contributed by atoms with Crippen LogP contribution in [0.1, 0.15) is 0 Å². The van der Waals surface area contributed by atoms with Crippen molar-refractivity contribution in [3.8, 4) is 0 Å². The number of rotatable bonds is 8. The molecule has 9 nitrogen and oxygen atoms in total. The smallest absolute Gasteiger partial charge is 0.251 e. The van der Waals surface area contributed by atoms with Crippen LogP contribution >= 0.6 is 11.8 Å². The van der Waals surface area contributed by atoms with Crippen LogP contribution in [0.5, 0.6) is 0 Å². The first-order chi connectivity index (χ1) is 16.8. The number of pyridine rings is 1. The third kappa shape index (κ3) is 6.17. The van der Waals surface area contributed by atoms with Gasteiger partial charge in [-0.25, -0.2) is 4.39 Å². The molecule has 2 fully saturated rings. The van der Waals surface area contributed by atoms with Crippen LogP contribution in [0.4, 0.5) is 4.39 Å². The van der Waals surface area contributed by atoms with Gasteiger partial charge in [0.2, 0.25) is 5.91 Å². The zero-order valence-corrected chi connectivity index (χ0v) is 20.1. The summed E-state index contributed by atoms with van der Waals surface area (Å²) in [4.78, 5) is 26.1. The van der Waals surface area contributed by atoms with Gasteiger partial charge in [-0.05, 0) is 41.3 Å². The zero-order chi connectivity index (χ0) is 24.9. The van der Waals surface area contributed by atoms with Gasteiger partial charge in [0.05, 0.1) is 23.1 Å². The number of halogens is 1. The van der Waals surface area contributed by atoms with Gasteiger partial charge in [-0.2, -0.15) is 5.10 Å². The largest absolute Gasteiger partial charge is 0.391 e. The Morgan fingerprint density at radius 3 is 2.91 bits per heavy atom. The third-order valence-corrected chi connectivity index (χ3v) is 7.15. The number of likely N-dealkylation sites (tertiary alicyclic amines) is 1. The zero-order valence-electron chi connectivity index (χ0n) is 19.2. The molecule has 1 amide bonds. The first-order valence-corrected chi connectivity index (χ1v) is 12.3. The van der Waals surface area contributed by atoms with Crippen LogP contribution in [0.2, 0.25) is 0 Å². The Bertz CT molecular complexity index is 1240. The summed E-state index contributed by atoms with van der Waals surface area (Å²) in [6.07, 6.45) is 1.24. The summed E-state index contributed by atoms with van der Waals surface area (Å²) in [6, 6.07) is 7.61. The standard InChI is InChI=1S/C24H29FN6O3S/c1-15(8-19-24(29-26)35-14-22(33)28-19)10-27-11-17-12-30(13-21(17)32)6-7-31-20-9-18(25)4-2-16(20)3-5-23(31)34/h2-5,8-9,17,21,27,32H,1,6-7,10-14,26H2,(H,28,33)/b19-8+,29-24+/t17-,21+/m0/s1. The summed E-state index contributed by atoms with van der Waals surface area (Å²) in [5.41, 5.74) is 1.68. The third-order valence-electron chi connectivity index (χ3n) is 6.15. The maximum Gasteiger partial charge on any atom is 0.251 e. The second-order valence-corrected chi connectivity index (χ2v) is 9.70. The quantitative estimate of drug-likeness (QED) is 0.309. The molecule has 0 bridgehead atoms. The van der Waals surface area contributed by atoms with Crippen LogP contribution in [0.25, 0.3) is 10.9 Å².